The molecular weight excluding hydrogens is 270 g/mol. The number of nitrogens with zero attached hydrogens (tertiary/aromatic N) is 2. The summed E-state index contributed by atoms with van der Waals surface area (Å²) in [6.45, 7) is 0. The second-order valence-electron chi connectivity index (χ2n) is 3.15. The Bertz CT molecular complexity index is 516. The number of ether oxygens (including phenoxy) is 1. The molecule has 0 saturated heterocycles. The summed E-state index contributed by atoms with van der Waals surface area (Å²) in [5.41, 5.74) is 7.28. The molecule has 0 spiro atoms. The van der Waals surface area contributed by atoms with Crippen LogP contribution in [0.3, 0.4) is 0 Å². The number of nitrogen functional groups attached to an aromatic ring is 1. The van der Waals surface area contributed by atoms with Gasteiger partial charge in [-0.2, -0.15) is 0 Å². The number of hydrogen-bond donors (Lipinski definition) is 1. The molecule has 0 radical (unpaired) electrons. The van der Waals surface area contributed by atoms with Crippen LogP contribution in [0.1, 0.15) is 0 Å². The smallest absolute Gasteiger partial charge is 0.220 e. The maximum Gasteiger partial charge on any atom is 0.220 e. The van der Waals surface area contributed by atoms with Crippen molar-refractivity contribution < 1.29 is 4.74 Å². The van der Waals surface area contributed by atoms with Gasteiger partial charge in [-0.1, -0.05) is 0 Å². The van der Waals surface area contributed by atoms with Crippen molar-refractivity contribution in [2.45, 2.75) is 0 Å². The van der Waals surface area contributed by atoms with Crippen molar-refractivity contribution in [2.75, 3.05) is 12.8 Å². The quantitative estimate of drug-likeness (QED) is 0.918. The second-order valence-corrected chi connectivity index (χ2v) is 4.00. The molecule has 0 fully saturated rings. The van der Waals surface area contributed by atoms with E-state index in [2.05, 4.69) is 25.9 Å². The third-order valence-electron chi connectivity index (χ3n) is 2.12. The van der Waals surface area contributed by atoms with Crippen molar-refractivity contribution in [1.82, 2.24) is 9.97 Å². The molecule has 2 N–H and O–H groups in total. The lowest BCUT2D eigenvalue weighted by molar-refractivity contribution is 0.412. The first kappa shape index (κ1) is 10.9. The van der Waals surface area contributed by atoms with Crippen molar-refractivity contribution in [3.63, 3.8) is 0 Å². The average Bonchev–Trinajstić information content (AvgIpc) is 2.29. The zero-order chi connectivity index (χ0) is 11.5. The molecule has 0 bridgehead atoms. The monoisotopic (exact) mass is 279 g/mol. The molecule has 4 nitrogen and oxygen atoms in total. The van der Waals surface area contributed by atoms with Gasteiger partial charge in [0.2, 0.25) is 5.95 Å². The zero-order valence-electron chi connectivity index (χ0n) is 8.64. The minimum Gasteiger partial charge on any atom is -0.496 e. The van der Waals surface area contributed by atoms with Crippen LogP contribution in [0, 0.1) is 0 Å². The Kier molecular flexibility index (Phi) is 3.05. The Morgan fingerprint density at radius 1 is 1.31 bits per heavy atom. The van der Waals surface area contributed by atoms with E-state index in [9.17, 15) is 0 Å². The van der Waals surface area contributed by atoms with Crippen LogP contribution >= 0.6 is 15.9 Å². The van der Waals surface area contributed by atoms with Crippen molar-refractivity contribution >= 4 is 21.9 Å². The number of methoxy groups -OCH3 is 1. The van der Waals surface area contributed by atoms with Crippen molar-refractivity contribution in [2.24, 2.45) is 0 Å². The Balaban J connectivity index is 2.45. The summed E-state index contributed by atoms with van der Waals surface area (Å²) in [5, 5.41) is 0. The lowest BCUT2D eigenvalue weighted by Gasteiger charge is -2.06. The third kappa shape index (κ3) is 2.14. The summed E-state index contributed by atoms with van der Waals surface area (Å²) in [4.78, 5) is 8.00. The lowest BCUT2D eigenvalue weighted by Crippen LogP contribution is -1.95. The van der Waals surface area contributed by atoms with E-state index in [-0.39, 0.29) is 5.95 Å². The molecule has 1 aromatic heterocycles. The van der Waals surface area contributed by atoms with Crippen molar-refractivity contribution in [3.8, 4) is 17.0 Å². The standard InChI is InChI=1S/C11H10BrN3O/c1-16-10-3-2-7(6-8(10)12)9-4-5-14-11(13)15-9/h2-6H,1H3,(H2,13,14,15). The average molecular weight is 280 g/mol. The van der Waals surface area contributed by atoms with Crippen LogP contribution in [0.2, 0.25) is 0 Å². The summed E-state index contributed by atoms with van der Waals surface area (Å²) in [6.07, 6.45) is 1.63. The zero-order valence-corrected chi connectivity index (χ0v) is 10.2. The predicted molar refractivity (Wildman–Crippen MR) is 66.1 cm³/mol. The number of anilines is 1. The fraction of sp³-hybridized carbons (Fsp3) is 0.0909. The molecule has 0 saturated carbocycles. The van der Waals surface area contributed by atoms with Gasteiger partial charge in [0, 0.05) is 11.8 Å². The summed E-state index contributed by atoms with van der Waals surface area (Å²) >= 11 is 3.42. The van der Waals surface area contributed by atoms with Gasteiger partial charge in [0.15, 0.2) is 0 Å². The topological polar surface area (TPSA) is 61.0 Å². The summed E-state index contributed by atoms with van der Waals surface area (Å²) in [7, 11) is 1.63. The van der Waals surface area contributed by atoms with E-state index >= 15 is 0 Å². The first-order valence-electron chi connectivity index (χ1n) is 4.63. The van der Waals surface area contributed by atoms with Crippen LogP contribution in [-0.2, 0) is 0 Å². The molecule has 2 rings (SSSR count). The van der Waals surface area contributed by atoms with Crippen LogP contribution < -0.4 is 10.5 Å². The molecule has 0 aliphatic carbocycles. The molecule has 0 atom stereocenters. The van der Waals surface area contributed by atoms with Gasteiger partial charge in [-0.3, -0.25) is 0 Å². The SMILES string of the molecule is COc1ccc(-c2ccnc(N)n2)cc1Br. The van der Waals surface area contributed by atoms with Crippen LogP contribution in [0.25, 0.3) is 11.3 Å². The van der Waals surface area contributed by atoms with Crippen molar-refractivity contribution in [3.05, 3.63) is 34.9 Å². The van der Waals surface area contributed by atoms with Gasteiger partial charge >= 0.3 is 0 Å². The first-order valence-corrected chi connectivity index (χ1v) is 5.42. The fourth-order valence-corrected chi connectivity index (χ4v) is 1.90. The molecular formula is C11H10BrN3O. The number of aromatic nitrogens is 2. The largest absolute Gasteiger partial charge is 0.496 e. The molecule has 0 unspecified atom stereocenters. The molecule has 0 amide bonds. The fourth-order valence-electron chi connectivity index (χ4n) is 1.36. The molecule has 5 heteroatoms. The van der Waals surface area contributed by atoms with Gasteiger partial charge < -0.3 is 10.5 Å². The van der Waals surface area contributed by atoms with Gasteiger partial charge in [-0.05, 0) is 40.2 Å². The van der Waals surface area contributed by atoms with Crippen LogP contribution in [0.4, 0.5) is 5.95 Å². The number of benzene rings is 1. The maximum absolute atomic E-state index is 5.53. The molecule has 82 valence electrons. The Hall–Kier alpha value is -1.62. The molecule has 16 heavy (non-hydrogen) atoms. The highest BCUT2D eigenvalue weighted by atomic mass is 79.9. The van der Waals surface area contributed by atoms with E-state index in [1.165, 1.54) is 0 Å². The first-order chi connectivity index (χ1) is 7.70. The Labute approximate surface area is 102 Å². The van der Waals surface area contributed by atoms with E-state index in [4.69, 9.17) is 10.5 Å². The highest BCUT2D eigenvalue weighted by molar-refractivity contribution is 9.10. The molecule has 1 aromatic carbocycles. The minimum atomic E-state index is 0.268. The Morgan fingerprint density at radius 2 is 2.12 bits per heavy atom. The summed E-state index contributed by atoms with van der Waals surface area (Å²) < 4.78 is 6.03. The van der Waals surface area contributed by atoms with Gasteiger partial charge in [-0.15, -0.1) is 0 Å². The van der Waals surface area contributed by atoms with E-state index in [1.54, 1.807) is 13.3 Å². The minimum absolute atomic E-state index is 0.268. The van der Waals surface area contributed by atoms with Crippen LogP contribution in [-0.4, -0.2) is 17.1 Å². The normalized spacial score (nSPS) is 10.1. The number of halogens is 1. The highest BCUT2D eigenvalue weighted by Crippen LogP contribution is 2.29. The predicted octanol–water partition coefficient (Wildman–Crippen LogP) is 2.50. The molecule has 2 aromatic rings. The van der Waals surface area contributed by atoms with Gasteiger partial charge in [-0.25, -0.2) is 9.97 Å². The second kappa shape index (κ2) is 4.49. The summed E-state index contributed by atoms with van der Waals surface area (Å²) in [5.74, 6) is 1.05. The highest BCUT2D eigenvalue weighted by Gasteiger charge is 2.04. The van der Waals surface area contributed by atoms with Crippen LogP contribution in [0.15, 0.2) is 34.9 Å². The van der Waals surface area contributed by atoms with Gasteiger partial charge in [0.05, 0.1) is 17.3 Å². The van der Waals surface area contributed by atoms with E-state index in [0.29, 0.717) is 0 Å². The number of hydrogen-bond acceptors (Lipinski definition) is 4. The van der Waals surface area contributed by atoms with E-state index < -0.39 is 0 Å². The van der Waals surface area contributed by atoms with Gasteiger partial charge in [0.1, 0.15) is 5.75 Å². The van der Waals surface area contributed by atoms with E-state index in [1.807, 2.05) is 24.3 Å². The molecule has 1 heterocycles. The van der Waals surface area contributed by atoms with Crippen molar-refractivity contribution in [1.29, 1.82) is 0 Å². The van der Waals surface area contributed by atoms with Gasteiger partial charge in [0.25, 0.3) is 0 Å². The third-order valence-corrected chi connectivity index (χ3v) is 2.74. The lowest BCUT2D eigenvalue weighted by atomic mass is 10.1. The van der Waals surface area contributed by atoms with E-state index in [0.717, 1.165) is 21.5 Å². The summed E-state index contributed by atoms with van der Waals surface area (Å²) in [6, 6.07) is 7.54. The number of rotatable bonds is 2. The van der Waals surface area contributed by atoms with Crippen LogP contribution in [0.5, 0.6) is 5.75 Å². The number of nitrogens with two attached hydrogens (primary N) is 1. The maximum atomic E-state index is 5.53. The molecule has 0 aliphatic rings. The Morgan fingerprint density at radius 3 is 2.75 bits per heavy atom. The molecule has 0 aliphatic heterocycles.